The van der Waals surface area contributed by atoms with Crippen LogP contribution < -0.4 is 4.74 Å². The van der Waals surface area contributed by atoms with Crippen LogP contribution in [-0.4, -0.2) is 9.97 Å². The maximum absolute atomic E-state index is 5.78. The number of nitrogens with zero attached hydrogens (tertiary/aromatic N) is 1. The largest absolute Gasteiger partial charge is 0.457 e. The number of aromatic nitrogens is 2. The fourth-order valence-corrected chi connectivity index (χ4v) is 2.84. The van der Waals surface area contributed by atoms with Crippen LogP contribution in [0.4, 0.5) is 0 Å². The van der Waals surface area contributed by atoms with E-state index in [1.165, 1.54) is 4.90 Å². The Balaban J connectivity index is 1.60. The third-order valence-corrected chi connectivity index (χ3v) is 4.14. The highest BCUT2D eigenvalue weighted by atomic mass is 32.2. The number of rotatable bonds is 5. The molecule has 0 unspecified atom stereocenters. The first-order valence-corrected chi connectivity index (χ1v) is 7.74. The predicted molar refractivity (Wildman–Crippen MR) is 85.8 cm³/mol. The van der Waals surface area contributed by atoms with Gasteiger partial charge in [-0.05, 0) is 43.3 Å². The number of imidazole rings is 1. The van der Waals surface area contributed by atoms with Gasteiger partial charge in [-0.1, -0.05) is 18.2 Å². The third-order valence-electron chi connectivity index (χ3n) is 3.11. The molecule has 3 rings (SSSR count). The Kier molecular flexibility index (Phi) is 4.26. The molecule has 0 aliphatic carbocycles. The highest BCUT2D eigenvalue weighted by Gasteiger charge is 2.03. The lowest BCUT2D eigenvalue weighted by molar-refractivity contribution is 0.482. The minimum Gasteiger partial charge on any atom is -0.457 e. The van der Waals surface area contributed by atoms with E-state index in [-0.39, 0.29) is 0 Å². The molecule has 0 aliphatic heterocycles. The smallest absolute Gasteiger partial charge is 0.127 e. The summed E-state index contributed by atoms with van der Waals surface area (Å²) in [4.78, 5) is 8.61. The molecule has 0 radical (unpaired) electrons. The molecule has 0 fully saturated rings. The normalized spacial score (nSPS) is 10.5. The van der Waals surface area contributed by atoms with E-state index in [1.807, 2.05) is 49.4 Å². The lowest BCUT2D eigenvalue weighted by Gasteiger charge is -2.06. The van der Waals surface area contributed by atoms with Crippen molar-refractivity contribution < 1.29 is 4.74 Å². The summed E-state index contributed by atoms with van der Waals surface area (Å²) < 4.78 is 5.78. The van der Waals surface area contributed by atoms with Crippen LogP contribution in [0.2, 0.25) is 0 Å². The molecular formula is C17H16N2OS. The number of aromatic amines is 1. The minimum absolute atomic E-state index is 0.849. The van der Waals surface area contributed by atoms with Crippen LogP contribution in [0.1, 0.15) is 11.4 Å². The van der Waals surface area contributed by atoms with Gasteiger partial charge in [-0.25, -0.2) is 4.98 Å². The molecule has 1 N–H and O–H groups in total. The summed E-state index contributed by atoms with van der Waals surface area (Å²) >= 11 is 1.77. The number of ether oxygens (including phenoxy) is 1. The Bertz CT molecular complexity index is 692. The molecule has 3 aromatic rings. The van der Waals surface area contributed by atoms with Gasteiger partial charge in [0.2, 0.25) is 0 Å². The molecule has 0 aliphatic rings. The standard InChI is InChI=1S/C17H16N2OS/c1-13-17(19-12-18-13)11-21-16-9-7-15(8-10-16)20-14-5-3-2-4-6-14/h2-10,12H,11H2,1H3,(H,18,19). The quantitative estimate of drug-likeness (QED) is 0.687. The maximum atomic E-state index is 5.78. The van der Waals surface area contributed by atoms with Crippen molar-refractivity contribution in [3.8, 4) is 11.5 Å². The van der Waals surface area contributed by atoms with Gasteiger partial charge in [0.05, 0.1) is 12.0 Å². The van der Waals surface area contributed by atoms with Crippen LogP contribution in [0.5, 0.6) is 11.5 Å². The maximum Gasteiger partial charge on any atom is 0.127 e. The van der Waals surface area contributed by atoms with E-state index in [0.29, 0.717) is 0 Å². The molecule has 21 heavy (non-hydrogen) atoms. The molecule has 0 saturated carbocycles. The van der Waals surface area contributed by atoms with Gasteiger partial charge in [-0.15, -0.1) is 11.8 Å². The van der Waals surface area contributed by atoms with Gasteiger partial charge in [0, 0.05) is 16.3 Å². The van der Waals surface area contributed by atoms with Crippen LogP contribution in [0.25, 0.3) is 0 Å². The van der Waals surface area contributed by atoms with Gasteiger partial charge in [0.25, 0.3) is 0 Å². The molecule has 1 heterocycles. The zero-order valence-electron chi connectivity index (χ0n) is 11.7. The molecule has 0 spiro atoms. The number of para-hydroxylation sites is 1. The van der Waals surface area contributed by atoms with Crippen LogP contribution in [-0.2, 0) is 5.75 Å². The van der Waals surface area contributed by atoms with E-state index >= 15 is 0 Å². The lowest BCUT2D eigenvalue weighted by atomic mass is 10.3. The monoisotopic (exact) mass is 296 g/mol. The van der Waals surface area contributed by atoms with Gasteiger partial charge in [0.1, 0.15) is 11.5 Å². The van der Waals surface area contributed by atoms with E-state index in [2.05, 4.69) is 22.1 Å². The first-order valence-electron chi connectivity index (χ1n) is 6.76. The van der Waals surface area contributed by atoms with Crippen molar-refractivity contribution in [3.63, 3.8) is 0 Å². The number of benzene rings is 2. The van der Waals surface area contributed by atoms with E-state index in [0.717, 1.165) is 28.6 Å². The summed E-state index contributed by atoms with van der Waals surface area (Å²) in [5, 5.41) is 0. The van der Waals surface area contributed by atoms with Crippen molar-refractivity contribution >= 4 is 11.8 Å². The molecule has 0 saturated heterocycles. The van der Waals surface area contributed by atoms with Gasteiger partial charge in [-0.2, -0.15) is 0 Å². The fraction of sp³-hybridized carbons (Fsp3) is 0.118. The van der Waals surface area contributed by atoms with Crippen molar-refractivity contribution in [2.75, 3.05) is 0 Å². The number of aryl methyl sites for hydroxylation is 1. The van der Waals surface area contributed by atoms with Crippen molar-refractivity contribution in [3.05, 3.63) is 72.3 Å². The van der Waals surface area contributed by atoms with Crippen LogP contribution >= 0.6 is 11.8 Å². The van der Waals surface area contributed by atoms with Gasteiger partial charge < -0.3 is 9.72 Å². The topological polar surface area (TPSA) is 37.9 Å². The van der Waals surface area contributed by atoms with Gasteiger partial charge in [-0.3, -0.25) is 0 Å². The first kappa shape index (κ1) is 13.8. The van der Waals surface area contributed by atoms with E-state index < -0.39 is 0 Å². The van der Waals surface area contributed by atoms with Crippen molar-refractivity contribution in [2.45, 2.75) is 17.6 Å². The second-order valence-corrected chi connectivity index (χ2v) is 5.70. The molecule has 0 atom stereocenters. The Morgan fingerprint density at radius 3 is 2.38 bits per heavy atom. The summed E-state index contributed by atoms with van der Waals surface area (Å²) in [6, 6.07) is 17.9. The Morgan fingerprint density at radius 1 is 1.00 bits per heavy atom. The minimum atomic E-state index is 0.849. The highest BCUT2D eigenvalue weighted by molar-refractivity contribution is 7.98. The second kappa shape index (κ2) is 6.50. The molecule has 4 heteroatoms. The lowest BCUT2D eigenvalue weighted by Crippen LogP contribution is -1.85. The molecule has 0 amide bonds. The SMILES string of the molecule is Cc1[nH]cnc1CSc1ccc(Oc2ccccc2)cc1. The summed E-state index contributed by atoms with van der Waals surface area (Å²) in [5.41, 5.74) is 2.23. The Labute approximate surface area is 128 Å². The van der Waals surface area contributed by atoms with Crippen LogP contribution in [0, 0.1) is 6.92 Å². The summed E-state index contributed by atoms with van der Waals surface area (Å²) in [5.74, 6) is 2.57. The molecule has 0 bridgehead atoms. The number of hydrogen-bond acceptors (Lipinski definition) is 3. The Hall–Kier alpha value is -2.20. The summed E-state index contributed by atoms with van der Waals surface area (Å²) in [7, 11) is 0. The summed E-state index contributed by atoms with van der Waals surface area (Å²) in [6.45, 7) is 2.04. The average molecular weight is 296 g/mol. The molecule has 106 valence electrons. The van der Waals surface area contributed by atoms with Gasteiger partial charge in [0.15, 0.2) is 0 Å². The third kappa shape index (κ3) is 3.67. The van der Waals surface area contributed by atoms with E-state index in [1.54, 1.807) is 18.1 Å². The number of H-pyrrole nitrogens is 1. The highest BCUT2D eigenvalue weighted by Crippen LogP contribution is 2.27. The molecule has 2 aromatic carbocycles. The molecule has 3 nitrogen and oxygen atoms in total. The predicted octanol–water partition coefficient (Wildman–Crippen LogP) is 4.80. The Morgan fingerprint density at radius 2 is 1.71 bits per heavy atom. The zero-order chi connectivity index (χ0) is 14.5. The molecular weight excluding hydrogens is 280 g/mol. The van der Waals surface area contributed by atoms with Crippen molar-refractivity contribution in [1.29, 1.82) is 0 Å². The van der Waals surface area contributed by atoms with Crippen molar-refractivity contribution in [2.24, 2.45) is 0 Å². The summed E-state index contributed by atoms with van der Waals surface area (Å²) in [6.07, 6.45) is 1.74. The van der Waals surface area contributed by atoms with Crippen molar-refractivity contribution in [1.82, 2.24) is 9.97 Å². The second-order valence-electron chi connectivity index (χ2n) is 4.65. The fourth-order valence-electron chi connectivity index (χ4n) is 1.91. The zero-order valence-corrected chi connectivity index (χ0v) is 12.6. The van der Waals surface area contributed by atoms with Crippen LogP contribution in [0.3, 0.4) is 0 Å². The average Bonchev–Trinajstić information content (AvgIpc) is 2.93. The van der Waals surface area contributed by atoms with E-state index in [9.17, 15) is 0 Å². The number of nitrogens with one attached hydrogen (secondary N) is 1. The number of hydrogen-bond donors (Lipinski definition) is 1. The number of thioether (sulfide) groups is 1. The molecule has 1 aromatic heterocycles. The van der Waals surface area contributed by atoms with Gasteiger partial charge >= 0.3 is 0 Å². The first-order chi connectivity index (χ1) is 10.3. The van der Waals surface area contributed by atoms with E-state index in [4.69, 9.17) is 4.74 Å². The van der Waals surface area contributed by atoms with Crippen LogP contribution in [0.15, 0.2) is 65.8 Å².